The van der Waals surface area contributed by atoms with E-state index in [1.54, 1.807) is 20.5 Å². The lowest BCUT2D eigenvalue weighted by Gasteiger charge is -2.23. The van der Waals surface area contributed by atoms with Gasteiger partial charge < -0.3 is 13.9 Å². The normalized spacial score (nSPS) is 16.0. The van der Waals surface area contributed by atoms with E-state index in [1.165, 1.54) is 11.3 Å². The van der Waals surface area contributed by atoms with E-state index in [0.717, 1.165) is 58.9 Å². The maximum Gasteiger partial charge on any atom is 0.164 e. The average molecular weight is 403 g/mol. The Morgan fingerprint density at radius 1 is 1.17 bits per heavy atom. The zero-order valence-electron chi connectivity index (χ0n) is 17.5. The molecule has 3 aromatic heterocycles. The third kappa shape index (κ3) is 3.08. The van der Waals surface area contributed by atoms with Crippen LogP contribution in [0.1, 0.15) is 30.3 Å². The Bertz CT molecular complexity index is 1180. The maximum atomic E-state index is 5.77. The summed E-state index contributed by atoms with van der Waals surface area (Å²) in [6.45, 7) is 2.72. The topological polar surface area (TPSA) is 61.8 Å². The second kappa shape index (κ2) is 7.61. The van der Waals surface area contributed by atoms with Gasteiger partial charge in [0, 0.05) is 18.4 Å². The van der Waals surface area contributed by atoms with Crippen molar-refractivity contribution in [3.63, 3.8) is 0 Å². The Morgan fingerprint density at radius 2 is 2.00 bits per heavy atom. The zero-order valence-corrected chi connectivity index (χ0v) is 17.5. The van der Waals surface area contributed by atoms with Crippen LogP contribution in [0.25, 0.3) is 28.2 Å². The van der Waals surface area contributed by atoms with E-state index in [4.69, 9.17) is 24.0 Å². The number of benzene rings is 1. The molecule has 0 saturated heterocycles. The van der Waals surface area contributed by atoms with Crippen LogP contribution in [0.5, 0.6) is 5.75 Å². The summed E-state index contributed by atoms with van der Waals surface area (Å²) >= 11 is 0. The van der Waals surface area contributed by atoms with E-state index < -0.39 is 0 Å². The van der Waals surface area contributed by atoms with Gasteiger partial charge in [-0.3, -0.25) is 0 Å². The van der Waals surface area contributed by atoms with E-state index in [9.17, 15) is 0 Å². The highest BCUT2D eigenvalue weighted by Gasteiger charge is 2.27. The third-order valence-electron chi connectivity index (χ3n) is 5.88. The smallest absolute Gasteiger partial charge is 0.164 e. The van der Waals surface area contributed by atoms with Crippen molar-refractivity contribution in [1.29, 1.82) is 0 Å². The first-order valence-corrected chi connectivity index (χ1v) is 10.3. The highest BCUT2D eigenvalue weighted by molar-refractivity contribution is 5.82. The monoisotopic (exact) mass is 403 g/mol. The lowest BCUT2D eigenvalue weighted by Crippen LogP contribution is -2.18. The van der Waals surface area contributed by atoms with E-state index in [2.05, 4.69) is 6.92 Å². The molecule has 154 valence electrons. The van der Waals surface area contributed by atoms with E-state index in [1.807, 2.05) is 40.9 Å². The molecule has 0 bridgehead atoms. The quantitative estimate of drug-likeness (QED) is 0.472. The summed E-state index contributed by atoms with van der Waals surface area (Å²) in [7, 11) is 3.37. The van der Waals surface area contributed by atoms with Crippen LogP contribution in [-0.4, -0.2) is 28.8 Å². The molecule has 0 amide bonds. The first-order chi connectivity index (χ1) is 14.7. The number of aryl methyl sites for hydroxylation is 1. The molecule has 3 heterocycles. The van der Waals surface area contributed by atoms with Gasteiger partial charge >= 0.3 is 0 Å². The van der Waals surface area contributed by atoms with Gasteiger partial charge in [0.25, 0.3) is 0 Å². The van der Waals surface area contributed by atoms with Crippen LogP contribution >= 0.6 is 0 Å². The average Bonchev–Trinajstić information content (AvgIpc) is 3.41. The van der Waals surface area contributed by atoms with Crippen molar-refractivity contribution in [3.05, 3.63) is 59.6 Å². The molecule has 6 nitrogen and oxygen atoms in total. The van der Waals surface area contributed by atoms with Crippen molar-refractivity contribution >= 4 is 5.65 Å². The van der Waals surface area contributed by atoms with Gasteiger partial charge in [-0.2, -0.15) is 5.10 Å². The van der Waals surface area contributed by atoms with Gasteiger partial charge in [-0.05, 0) is 55.0 Å². The standard InChI is InChI=1S/C24H25N3O3/c1-15-6-11-20-18(13-15)23(21-5-4-12-30-21)25-24-22(19(14-28-2)26-27(20)24)16-7-9-17(29-3)10-8-16/h4-5,7-10,12,15H,6,11,13-14H2,1-3H3/t15-/m0/s1. The zero-order chi connectivity index (χ0) is 20.7. The molecule has 1 aliphatic rings. The Labute approximate surface area is 175 Å². The van der Waals surface area contributed by atoms with Crippen molar-refractivity contribution in [3.8, 4) is 28.3 Å². The van der Waals surface area contributed by atoms with Crippen molar-refractivity contribution in [1.82, 2.24) is 14.6 Å². The number of fused-ring (bicyclic) bond motifs is 3. The molecule has 0 aliphatic heterocycles. The second-order valence-corrected chi connectivity index (χ2v) is 7.93. The Morgan fingerprint density at radius 3 is 2.70 bits per heavy atom. The maximum absolute atomic E-state index is 5.77. The summed E-state index contributed by atoms with van der Waals surface area (Å²) in [5, 5.41) is 4.95. The Balaban J connectivity index is 1.80. The molecule has 1 atom stereocenters. The SMILES string of the molecule is COCc1nn2c3c(c(-c4ccco4)nc2c1-c1ccc(OC)cc1)C[C@@H](C)CC3. The van der Waals surface area contributed by atoms with Crippen LogP contribution in [0.4, 0.5) is 0 Å². The molecule has 0 radical (unpaired) electrons. The summed E-state index contributed by atoms with van der Waals surface area (Å²) in [5.41, 5.74) is 7.14. The molecule has 0 spiro atoms. The van der Waals surface area contributed by atoms with Gasteiger partial charge in [-0.1, -0.05) is 19.1 Å². The first-order valence-electron chi connectivity index (χ1n) is 10.3. The number of hydrogen-bond donors (Lipinski definition) is 0. The predicted molar refractivity (Wildman–Crippen MR) is 115 cm³/mol. The number of ether oxygens (including phenoxy) is 2. The Hall–Kier alpha value is -3.12. The largest absolute Gasteiger partial charge is 0.497 e. The summed E-state index contributed by atoms with van der Waals surface area (Å²) in [6.07, 6.45) is 4.79. The summed E-state index contributed by atoms with van der Waals surface area (Å²) < 4.78 is 18.6. The molecule has 0 saturated carbocycles. The van der Waals surface area contributed by atoms with Crippen molar-refractivity contribution in [2.45, 2.75) is 32.8 Å². The minimum atomic E-state index is 0.423. The fourth-order valence-corrected chi connectivity index (χ4v) is 4.40. The molecule has 1 aliphatic carbocycles. The van der Waals surface area contributed by atoms with E-state index in [-0.39, 0.29) is 0 Å². The molecular weight excluding hydrogens is 378 g/mol. The van der Waals surface area contributed by atoms with Crippen LogP contribution in [0, 0.1) is 5.92 Å². The number of aromatic nitrogens is 3. The fourth-order valence-electron chi connectivity index (χ4n) is 4.40. The molecule has 30 heavy (non-hydrogen) atoms. The third-order valence-corrected chi connectivity index (χ3v) is 5.88. The van der Waals surface area contributed by atoms with Gasteiger partial charge in [-0.15, -0.1) is 0 Å². The second-order valence-electron chi connectivity index (χ2n) is 7.93. The molecule has 0 N–H and O–H groups in total. The van der Waals surface area contributed by atoms with E-state index >= 15 is 0 Å². The highest BCUT2D eigenvalue weighted by atomic mass is 16.5. The predicted octanol–water partition coefficient (Wildman–Crippen LogP) is 4.94. The van der Waals surface area contributed by atoms with Gasteiger partial charge in [0.05, 0.1) is 31.2 Å². The summed E-state index contributed by atoms with van der Waals surface area (Å²) in [6, 6.07) is 11.9. The van der Waals surface area contributed by atoms with Gasteiger partial charge in [0.15, 0.2) is 11.4 Å². The first kappa shape index (κ1) is 18.9. The lowest BCUT2D eigenvalue weighted by molar-refractivity contribution is 0.181. The number of methoxy groups -OCH3 is 2. The summed E-state index contributed by atoms with van der Waals surface area (Å²) in [5.74, 6) is 2.23. The van der Waals surface area contributed by atoms with Crippen LogP contribution in [-0.2, 0) is 24.2 Å². The highest BCUT2D eigenvalue weighted by Crippen LogP contribution is 2.37. The van der Waals surface area contributed by atoms with Crippen molar-refractivity contribution < 1.29 is 13.9 Å². The molecular formula is C24H25N3O3. The van der Waals surface area contributed by atoms with Gasteiger partial charge in [0.1, 0.15) is 11.4 Å². The molecule has 0 fully saturated rings. The lowest BCUT2D eigenvalue weighted by atomic mass is 9.86. The number of rotatable bonds is 5. The van der Waals surface area contributed by atoms with Crippen molar-refractivity contribution in [2.24, 2.45) is 5.92 Å². The van der Waals surface area contributed by atoms with Crippen LogP contribution in [0.2, 0.25) is 0 Å². The molecule has 4 aromatic rings. The Kier molecular flexibility index (Phi) is 4.79. The molecule has 0 unspecified atom stereocenters. The number of hydrogen-bond acceptors (Lipinski definition) is 5. The van der Waals surface area contributed by atoms with E-state index in [0.29, 0.717) is 12.5 Å². The van der Waals surface area contributed by atoms with Crippen LogP contribution < -0.4 is 4.74 Å². The van der Waals surface area contributed by atoms with Gasteiger partial charge in [-0.25, -0.2) is 9.50 Å². The molecule has 5 rings (SSSR count). The molecule has 6 heteroatoms. The fraction of sp³-hybridized carbons (Fsp3) is 0.333. The summed E-state index contributed by atoms with van der Waals surface area (Å²) in [4.78, 5) is 5.11. The minimum Gasteiger partial charge on any atom is -0.497 e. The molecule has 1 aromatic carbocycles. The van der Waals surface area contributed by atoms with Crippen LogP contribution in [0.3, 0.4) is 0 Å². The number of nitrogens with zero attached hydrogens (tertiary/aromatic N) is 3. The number of furan rings is 1. The van der Waals surface area contributed by atoms with Crippen molar-refractivity contribution in [2.75, 3.05) is 14.2 Å². The van der Waals surface area contributed by atoms with Gasteiger partial charge in [0.2, 0.25) is 0 Å². The minimum absolute atomic E-state index is 0.423. The van der Waals surface area contributed by atoms with Crippen LogP contribution in [0.15, 0.2) is 47.1 Å².